The van der Waals surface area contributed by atoms with E-state index in [-0.39, 0.29) is 11.8 Å². The average molecular weight is 298 g/mol. The van der Waals surface area contributed by atoms with Gasteiger partial charge in [-0.3, -0.25) is 11.3 Å². The fourth-order valence-electron chi connectivity index (χ4n) is 2.88. The van der Waals surface area contributed by atoms with Gasteiger partial charge in [0.05, 0.1) is 24.2 Å². The molecule has 2 atom stereocenters. The summed E-state index contributed by atoms with van der Waals surface area (Å²) in [5.74, 6) is 6.66. The highest BCUT2D eigenvalue weighted by Gasteiger charge is 2.36. The van der Waals surface area contributed by atoms with Gasteiger partial charge in [0, 0.05) is 0 Å². The summed E-state index contributed by atoms with van der Waals surface area (Å²) in [7, 11) is -1.48. The maximum Gasteiger partial charge on any atom is 0.155 e. The monoisotopic (exact) mass is 298 g/mol. The van der Waals surface area contributed by atoms with Crippen molar-refractivity contribution in [3.63, 3.8) is 0 Å². The molecule has 1 saturated heterocycles. The number of ether oxygens (including phenoxy) is 1. The number of benzene rings is 1. The van der Waals surface area contributed by atoms with E-state index in [0.29, 0.717) is 6.42 Å². The zero-order valence-corrected chi connectivity index (χ0v) is 12.7. The lowest BCUT2D eigenvalue weighted by Gasteiger charge is -2.30. The third-order valence-electron chi connectivity index (χ3n) is 3.99. The molecular weight excluding hydrogens is 276 g/mol. The summed E-state index contributed by atoms with van der Waals surface area (Å²) < 4.78 is 29.7. The molecular formula is C14H22N2O3S. The van der Waals surface area contributed by atoms with Crippen LogP contribution in [0.4, 0.5) is 0 Å². The van der Waals surface area contributed by atoms with Gasteiger partial charge in [-0.15, -0.1) is 0 Å². The number of hydrogen-bond donors (Lipinski definition) is 2. The predicted octanol–water partition coefficient (Wildman–Crippen LogP) is 1.48. The van der Waals surface area contributed by atoms with Crippen LogP contribution in [-0.2, 0) is 9.84 Å². The van der Waals surface area contributed by atoms with Crippen LogP contribution in [0.1, 0.15) is 36.4 Å². The van der Waals surface area contributed by atoms with Crippen LogP contribution in [0, 0.1) is 6.92 Å². The smallest absolute Gasteiger partial charge is 0.155 e. The SMILES string of the molecule is COc1ccc(C(NN)C2CCCCS2(=O)=O)c(C)c1. The molecule has 0 spiro atoms. The van der Waals surface area contributed by atoms with Crippen LogP contribution in [0.2, 0.25) is 0 Å². The van der Waals surface area contributed by atoms with E-state index in [0.717, 1.165) is 29.7 Å². The van der Waals surface area contributed by atoms with Crippen molar-refractivity contribution in [3.05, 3.63) is 29.3 Å². The Labute approximate surface area is 120 Å². The lowest BCUT2D eigenvalue weighted by atomic mass is 9.96. The maximum atomic E-state index is 12.3. The van der Waals surface area contributed by atoms with E-state index in [2.05, 4.69) is 5.43 Å². The van der Waals surface area contributed by atoms with Crippen LogP contribution in [0.15, 0.2) is 18.2 Å². The summed E-state index contributed by atoms with van der Waals surface area (Å²) >= 11 is 0. The van der Waals surface area contributed by atoms with E-state index in [9.17, 15) is 8.42 Å². The molecule has 1 aromatic rings. The molecule has 1 fully saturated rings. The van der Waals surface area contributed by atoms with E-state index in [4.69, 9.17) is 10.6 Å². The minimum Gasteiger partial charge on any atom is -0.497 e. The van der Waals surface area contributed by atoms with Crippen molar-refractivity contribution in [3.8, 4) is 5.75 Å². The van der Waals surface area contributed by atoms with Crippen molar-refractivity contribution in [1.82, 2.24) is 5.43 Å². The molecule has 1 aromatic carbocycles. The Hall–Kier alpha value is -1.11. The van der Waals surface area contributed by atoms with Gasteiger partial charge in [-0.05, 0) is 43.0 Å². The van der Waals surface area contributed by atoms with E-state index in [1.54, 1.807) is 7.11 Å². The van der Waals surface area contributed by atoms with E-state index >= 15 is 0 Å². The minimum absolute atomic E-state index is 0.255. The molecule has 5 nitrogen and oxygen atoms in total. The number of hydrazine groups is 1. The highest BCUT2D eigenvalue weighted by molar-refractivity contribution is 7.92. The average Bonchev–Trinajstić information content (AvgIpc) is 2.42. The van der Waals surface area contributed by atoms with Gasteiger partial charge in [0.25, 0.3) is 0 Å². The number of nitrogens with two attached hydrogens (primary N) is 1. The second-order valence-electron chi connectivity index (χ2n) is 5.27. The van der Waals surface area contributed by atoms with Gasteiger partial charge in [0.2, 0.25) is 0 Å². The summed E-state index contributed by atoms with van der Waals surface area (Å²) in [6.07, 6.45) is 2.33. The molecule has 20 heavy (non-hydrogen) atoms. The number of hydrogen-bond acceptors (Lipinski definition) is 5. The van der Waals surface area contributed by atoms with Crippen molar-refractivity contribution in [2.45, 2.75) is 37.5 Å². The summed E-state index contributed by atoms with van der Waals surface area (Å²) in [5, 5.41) is -0.451. The second kappa shape index (κ2) is 6.11. The fourth-order valence-corrected chi connectivity index (χ4v) is 4.95. The molecule has 6 heteroatoms. The first-order valence-corrected chi connectivity index (χ1v) is 8.53. The molecule has 0 bridgehead atoms. The largest absolute Gasteiger partial charge is 0.497 e. The number of nitrogens with one attached hydrogen (secondary N) is 1. The molecule has 1 aliphatic rings. The van der Waals surface area contributed by atoms with Crippen LogP contribution >= 0.6 is 0 Å². The van der Waals surface area contributed by atoms with Crippen LogP contribution in [-0.4, -0.2) is 26.5 Å². The Bertz CT molecular complexity index is 572. The van der Waals surface area contributed by atoms with E-state index in [1.807, 2.05) is 25.1 Å². The zero-order chi connectivity index (χ0) is 14.8. The van der Waals surface area contributed by atoms with Gasteiger partial charge in [-0.1, -0.05) is 12.5 Å². The highest BCUT2D eigenvalue weighted by atomic mass is 32.2. The van der Waals surface area contributed by atoms with Crippen LogP contribution in [0.5, 0.6) is 5.75 Å². The van der Waals surface area contributed by atoms with Crippen LogP contribution in [0.3, 0.4) is 0 Å². The number of sulfone groups is 1. The molecule has 3 N–H and O–H groups in total. The van der Waals surface area contributed by atoms with Gasteiger partial charge in [-0.2, -0.15) is 0 Å². The summed E-state index contributed by atoms with van der Waals surface area (Å²) in [5.41, 5.74) is 4.60. The first kappa shape index (κ1) is 15.3. The zero-order valence-electron chi connectivity index (χ0n) is 11.9. The molecule has 0 saturated carbocycles. The van der Waals surface area contributed by atoms with Crippen molar-refractivity contribution in [2.75, 3.05) is 12.9 Å². The van der Waals surface area contributed by atoms with Gasteiger partial charge < -0.3 is 4.74 Å². The molecule has 0 radical (unpaired) electrons. The molecule has 1 heterocycles. The number of aryl methyl sites for hydroxylation is 1. The van der Waals surface area contributed by atoms with Crippen molar-refractivity contribution in [2.24, 2.45) is 5.84 Å². The fraction of sp³-hybridized carbons (Fsp3) is 0.571. The van der Waals surface area contributed by atoms with E-state index in [1.165, 1.54) is 0 Å². The standard InChI is InChI=1S/C14H22N2O3S/c1-10-9-11(19-2)6-7-12(10)14(16-15)13-5-3-4-8-20(13,17)18/h6-7,9,13-14,16H,3-5,8,15H2,1-2H3. The highest BCUT2D eigenvalue weighted by Crippen LogP contribution is 2.32. The second-order valence-corrected chi connectivity index (χ2v) is 7.61. The molecule has 112 valence electrons. The van der Waals surface area contributed by atoms with E-state index < -0.39 is 15.1 Å². The van der Waals surface area contributed by atoms with Gasteiger partial charge in [0.15, 0.2) is 9.84 Å². The molecule has 0 aromatic heterocycles. The van der Waals surface area contributed by atoms with Crippen molar-refractivity contribution in [1.29, 1.82) is 0 Å². The maximum absolute atomic E-state index is 12.3. The molecule has 0 amide bonds. The molecule has 1 aliphatic heterocycles. The first-order valence-electron chi connectivity index (χ1n) is 6.82. The lowest BCUT2D eigenvalue weighted by molar-refractivity contribution is 0.413. The Morgan fingerprint density at radius 3 is 2.70 bits per heavy atom. The third-order valence-corrected chi connectivity index (χ3v) is 6.28. The Morgan fingerprint density at radius 2 is 2.15 bits per heavy atom. The lowest BCUT2D eigenvalue weighted by Crippen LogP contribution is -2.43. The van der Waals surface area contributed by atoms with Gasteiger partial charge in [0.1, 0.15) is 5.75 Å². The first-order chi connectivity index (χ1) is 9.49. The third kappa shape index (κ3) is 2.97. The Morgan fingerprint density at radius 1 is 1.40 bits per heavy atom. The minimum atomic E-state index is -3.09. The molecule has 2 rings (SSSR count). The van der Waals surface area contributed by atoms with Crippen LogP contribution < -0.4 is 16.0 Å². The quantitative estimate of drug-likeness (QED) is 0.650. The molecule has 2 unspecified atom stereocenters. The van der Waals surface area contributed by atoms with Crippen molar-refractivity contribution >= 4 is 9.84 Å². The Kier molecular flexibility index (Phi) is 4.67. The summed E-state index contributed by atoms with van der Waals surface area (Å²) in [6.45, 7) is 1.94. The van der Waals surface area contributed by atoms with Gasteiger partial charge in [-0.25, -0.2) is 8.42 Å². The molecule has 0 aliphatic carbocycles. The van der Waals surface area contributed by atoms with Crippen LogP contribution in [0.25, 0.3) is 0 Å². The predicted molar refractivity (Wildman–Crippen MR) is 79.2 cm³/mol. The summed E-state index contributed by atoms with van der Waals surface area (Å²) in [6, 6.07) is 5.26. The number of rotatable bonds is 4. The summed E-state index contributed by atoms with van der Waals surface area (Å²) in [4.78, 5) is 0. The van der Waals surface area contributed by atoms with Gasteiger partial charge >= 0.3 is 0 Å². The number of methoxy groups -OCH3 is 1. The Balaban J connectivity index is 2.37. The topological polar surface area (TPSA) is 81.4 Å². The normalized spacial score (nSPS) is 23.2. The van der Waals surface area contributed by atoms with Crippen molar-refractivity contribution < 1.29 is 13.2 Å².